The Morgan fingerprint density at radius 3 is 2.81 bits per heavy atom. The van der Waals surface area contributed by atoms with E-state index in [0.717, 1.165) is 0 Å². The first-order valence-electron chi connectivity index (χ1n) is 4.66. The van der Waals surface area contributed by atoms with E-state index in [2.05, 4.69) is 15.6 Å². The summed E-state index contributed by atoms with van der Waals surface area (Å²) in [5.74, 6) is 0.369. The molecule has 88 valence electrons. The van der Waals surface area contributed by atoms with Crippen molar-refractivity contribution in [3.05, 3.63) is 16.1 Å². The summed E-state index contributed by atoms with van der Waals surface area (Å²) in [4.78, 5) is 15.1. The number of anilines is 2. The van der Waals surface area contributed by atoms with Gasteiger partial charge in [-0.15, -0.1) is 0 Å². The molecule has 1 heterocycles. The van der Waals surface area contributed by atoms with Crippen LogP contribution in [-0.2, 0) is 4.79 Å². The van der Waals surface area contributed by atoms with Crippen LogP contribution in [0, 0.1) is 0 Å². The summed E-state index contributed by atoms with van der Waals surface area (Å²) in [5, 5.41) is 6.01. The first-order chi connectivity index (χ1) is 7.54. The van der Waals surface area contributed by atoms with E-state index < -0.39 is 0 Å². The van der Waals surface area contributed by atoms with Gasteiger partial charge in [0.15, 0.2) is 0 Å². The van der Waals surface area contributed by atoms with Crippen LogP contribution in [0.25, 0.3) is 0 Å². The van der Waals surface area contributed by atoms with Gasteiger partial charge in [-0.05, 0) is 13.0 Å². The van der Waals surface area contributed by atoms with Gasteiger partial charge in [0.1, 0.15) is 11.6 Å². The number of nitrogens with zero attached hydrogens (tertiary/aromatic N) is 1. The summed E-state index contributed by atoms with van der Waals surface area (Å²) >= 11 is 11.6. The quantitative estimate of drug-likeness (QED) is 0.769. The summed E-state index contributed by atoms with van der Waals surface area (Å²) in [5.41, 5.74) is 5.51. The number of nitrogens with two attached hydrogens (primary N) is 1. The van der Waals surface area contributed by atoms with Crippen LogP contribution in [0.2, 0.25) is 10.0 Å². The zero-order valence-electron chi connectivity index (χ0n) is 8.68. The van der Waals surface area contributed by atoms with Crippen molar-refractivity contribution in [2.24, 2.45) is 0 Å². The van der Waals surface area contributed by atoms with Crippen molar-refractivity contribution in [3.8, 4) is 0 Å². The number of carbonyl (C=O) groups is 1. The lowest BCUT2D eigenvalue weighted by molar-refractivity contribution is -0.119. The van der Waals surface area contributed by atoms with E-state index >= 15 is 0 Å². The van der Waals surface area contributed by atoms with Gasteiger partial charge in [-0.2, -0.15) is 0 Å². The predicted octanol–water partition coefficient (Wildman–Crippen LogP) is 1.52. The molecule has 1 amide bonds. The molecular weight excluding hydrogens is 251 g/mol. The predicted molar refractivity (Wildman–Crippen MR) is 65.8 cm³/mol. The monoisotopic (exact) mass is 262 g/mol. The highest BCUT2D eigenvalue weighted by Crippen LogP contribution is 2.26. The fraction of sp³-hybridized carbons (Fsp3) is 0.333. The second kappa shape index (κ2) is 5.77. The van der Waals surface area contributed by atoms with Crippen molar-refractivity contribution in [2.45, 2.75) is 6.92 Å². The third-order valence-electron chi connectivity index (χ3n) is 1.75. The average molecular weight is 263 g/mol. The molecule has 0 aliphatic heterocycles. The van der Waals surface area contributed by atoms with Crippen molar-refractivity contribution in [3.63, 3.8) is 0 Å². The van der Waals surface area contributed by atoms with Crippen LogP contribution in [0.15, 0.2) is 6.07 Å². The molecule has 16 heavy (non-hydrogen) atoms. The number of aromatic nitrogens is 1. The number of nitrogen functional groups attached to an aromatic ring is 1. The van der Waals surface area contributed by atoms with E-state index in [1.54, 1.807) is 0 Å². The Kier molecular flexibility index (Phi) is 4.64. The summed E-state index contributed by atoms with van der Waals surface area (Å²) in [6, 6.07) is 1.48. The Morgan fingerprint density at radius 1 is 1.50 bits per heavy atom. The number of rotatable bonds is 4. The number of hydrogen-bond donors (Lipinski definition) is 3. The molecule has 0 aromatic carbocycles. The molecule has 0 saturated heterocycles. The average Bonchev–Trinajstić information content (AvgIpc) is 2.22. The second-order valence-electron chi connectivity index (χ2n) is 2.99. The minimum atomic E-state index is -0.145. The van der Waals surface area contributed by atoms with Crippen LogP contribution in [0.5, 0.6) is 0 Å². The molecule has 0 radical (unpaired) electrons. The normalized spacial score (nSPS) is 9.94. The first kappa shape index (κ1) is 12.9. The highest BCUT2D eigenvalue weighted by atomic mass is 35.5. The van der Waals surface area contributed by atoms with Gasteiger partial charge < -0.3 is 16.4 Å². The van der Waals surface area contributed by atoms with E-state index in [-0.39, 0.29) is 23.3 Å². The number of nitrogens with one attached hydrogen (secondary N) is 2. The molecule has 4 N–H and O–H groups in total. The third kappa shape index (κ3) is 3.43. The fourth-order valence-corrected chi connectivity index (χ4v) is 1.45. The van der Waals surface area contributed by atoms with Crippen molar-refractivity contribution < 1.29 is 4.79 Å². The van der Waals surface area contributed by atoms with Crippen molar-refractivity contribution in [2.75, 3.05) is 24.1 Å². The summed E-state index contributed by atoms with van der Waals surface area (Å²) < 4.78 is 0. The Bertz CT molecular complexity index is 397. The van der Waals surface area contributed by atoms with Crippen LogP contribution < -0.4 is 16.4 Å². The minimum Gasteiger partial charge on any atom is -0.382 e. The number of carbonyl (C=O) groups excluding carboxylic acids is 1. The molecule has 0 atom stereocenters. The molecule has 1 aromatic heterocycles. The third-order valence-corrected chi connectivity index (χ3v) is 2.34. The van der Waals surface area contributed by atoms with Crippen LogP contribution >= 0.6 is 23.2 Å². The number of pyridine rings is 1. The number of hydrogen-bond acceptors (Lipinski definition) is 4. The summed E-state index contributed by atoms with van der Waals surface area (Å²) in [7, 11) is 0. The Balaban J connectivity index is 2.67. The second-order valence-corrected chi connectivity index (χ2v) is 3.81. The van der Waals surface area contributed by atoms with Crippen molar-refractivity contribution in [1.29, 1.82) is 0 Å². The molecule has 0 saturated carbocycles. The largest absolute Gasteiger partial charge is 0.382 e. The maximum absolute atomic E-state index is 11.2. The highest BCUT2D eigenvalue weighted by Gasteiger charge is 2.08. The van der Waals surface area contributed by atoms with Gasteiger partial charge in [-0.3, -0.25) is 4.79 Å². The molecule has 7 heteroatoms. The van der Waals surface area contributed by atoms with E-state index in [1.165, 1.54) is 6.07 Å². The fourth-order valence-electron chi connectivity index (χ4n) is 1.03. The van der Waals surface area contributed by atoms with E-state index in [1.807, 2.05) is 6.92 Å². The van der Waals surface area contributed by atoms with Gasteiger partial charge in [-0.25, -0.2) is 4.98 Å². The molecule has 5 nitrogen and oxygen atoms in total. The molecule has 0 fully saturated rings. The Labute approximate surface area is 103 Å². The van der Waals surface area contributed by atoms with E-state index in [4.69, 9.17) is 28.9 Å². The Hall–Kier alpha value is -1.20. The molecule has 0 spiro atoms. The molecule has 0 unspecified atom stereocenters. The number of halogens is 2. The van der Waals surface area contributed by atoms with Gasteiger partial charge in [0.05, 0.1) is 16.6 Å². The van der Waals surface area contributed by atoms with Gasteiger partial charge in [-0.1, -0.05) is 23.2 Å². The molecule has 1 rings (SSSR count). The maximum Gasteiger partial charge on any atom is 0.239 e. The summed E-state index contributed by atoms with van der Waals surface area (Å²) in [6.45, 7) is 2.50. The van der Waals surface area contributed by atoms with Crippen molar-refractivity contribution >= 4 is 40.7 Å². The zero-order chi connectivity index (χ0) is 12.1. The van der Waals surface area contributed by atoms with Gasteiger partial charge >= 0.3 is 0 Å². The smallest absolute Gasteiger partial charge is 0.239 e. The summed E-state index contributed by atoms with van der Waals surface area (Å²) in [6.07, 6.45) is 0. The van der Waals surface area contributed by atoms with Crippen LogP contribution in [0.3, 0.4) is 0 Å². The van der Waals surface area contributed by atoms with Gasteiger partial charge in [0.2, 0.25) is 5.91 Å². The number of likely N-dealkylation sites (N-methyl/N-ethyl adjacent to an activating group) is 1. The molecule has 0 bridgehead atoms. The maximum atomic E-state index is 11.2. The molecule has 0 aliphatic carbocycles. The standard InChI is InChI=1S/C9H12Cl2N4O/c1-2-13-7(16)4-14-9-6(11)3-5(10)8(12)15-9/h3H,2,4H2,1H3,(H,13,16)(H3,12,14,15). The van der Waals surface area contributed by atoms with Gasteiger partial charge in [0, 0.05) is 6.54 Å². The first-order valence-corrected chi connectivity index (χ1v) is 5.42. The number of amides is 1. The lowest BCUT2D eigenvalue weighted by Crippen LogP contribution is -2.29. The highest BCUT2D eigenvalue weighted by molar-refractivity contribution is 6.37. The van der Waals surface area contributed by atoms with E-state index in [0.29, 0.717) is 17.4 Å². The topological polar surface area (TPSA) is 80.0 Å². The van der Waals surface area contributed by atoms with Gasteiger partial charge in [0.25, 0.3) is 0 Å². The lowest BCUT2D eigenvalue weighted by atomic mass is 10.4. The molecule has 1 aromatic rings. The van der Waals surface area contributed by atoms with Crippen molar-refractivity contribution in [1.82, 2.24) is 10.3 Å². The molecule has 0 aliphatic rings. The molecular formula is C9H12Cl2N4O. The van der Waals surface area contributed by atoms with Crippen LogP contribution in [-0.4, -0.2) is 24.0 Å². The zero-order valence-corrected chi connectivity index (χ0v) is 10.2. The minimum absolute atomic E-state index is 0.0850. The van der Waals surface area contributed by atoms with Crippen LogP contribution in [0.4, 0.5) is 11.6 Å². The van der Waals surface area contributed by atoms with E-state index in [9.17, 15) is 4.79 Å². The SMILES string of the molecule is CCNC(=O)CNc1nc(N)c(Cl)cc1Cl. The van der Waals surface area contributed by atoms with Crippen LogP contribution in [0.1, 0.15) is 6.92 Å². The lowest BCUT2D eigenvalue weighted by Gasteiger charge is -2.08. The Morgan fingerprint density at radius 2 is 2.19 bits per heavy atom.